The molecule has 0 saturated carbocycles. The second-order valence-electron chi connectivity index (χ2n) is 12.2. The summed E-state index contributed by atoms with van der Waals surface area (Å²) in [5.41, 5.74) is 4.70. The van der Waals surface area contributed by atoms with E-state index in [1.165, 1.54) is 7.05 Å². The zero-order chi connectivity index (χ0) is 32.8. The summed E-state index contributed by atoms with van der Waals surface area (Å²) in [5.74, 6) is -0.749. The third-order valence-corrected chi connectivity index (χ3v) is 9.51. The van der Waals surface area contributed by atoms with E-state index in [4.69, 9.17) is 4.99 Å². The molecule has 1 aliphatic rings. The van der Waals surface area contributed by atoms with Crippen LogP contribution in [-0.4, -0.2) is 48.8 Å². The zero-order valence-electron chi connectivity index (χ0n) is 26.5. The molecule has 6 aromatic rings. The largest absolute Gasteiger partial charge is 0.494 e. The number of para-hydroxylation sites is 1. The number of carbonyl (C=O) groups is 1. The summed E-state index contributed by atoms with van der Waals surface area (Å²) in [6, 6.07) is 32.2. The first-order valence-corrected chi connectivity index (χ1v) is 15.7. The van der Waals surface area contributed by atoms with Crippen LogP contribution in [0.15, 0.2) is 112 Å². The summed E-state index contributed by atoms with van der Waals surface area (Å²) in [5, 5.41) is 13.0. The van der Waals surface area contributed by atoms with Gasteiger partial charge in [0.05, 0.1) is 6.04 Å². The number of hydrogen-bond acceptors (Lipinski definition) is 5. The molecule has 0 saturated heterocycles. The quantitative estimate of drug-likeness (QED) is 0.230. The Labute approximate surface area is 271 Å². The summed E-state index contributed by atoms with van der Waals surface area (Å²) in [6.07, 6.45) is 0.679. The highest BCUT2D eigenvalue weighted by Gasteiger charge is 2.40. The van der Waals surface area contributed by atoms with Crippen molar-refractivity contribution < 1.29 is 9.90 Å². The van der Waals surface area contributed by atoms with Gasteiger partial charge in [0.25, 0.3) is 11.5 Å². The summed E-state index contributed by atoms with van der Waals surface area (Å²) in [6.45, 7) is 2.38. The van der Waals surface area contributed by atoms with E-state index in [2.05, 4.69) is 59.1 Å². The number of aliphatic imine (C=N–C) groups is 1. The number of nitrogens with one attached hydrogen (secondary N) is 1. The van der Waals surface area contributed by atoms with Crippen molar-refractivity contribution in [2.75, 3.05) is 13.1 Å². The highest BCUT2D eigenvalue weighted by Crippen LogP contribution is 2.44. The molecule has 1 amide bonds. The highest BCUT2D eigenvalue weighted by molar-refractivity contribution is 6.08. The number of hydrogen-bond donors (Lipinski definition) is 2. The van der Waals surface area contributed by atoms with Gasteiger partial charge in [0, 0.05) is 66.2 Å². The van der Waals surface area contributed by atoms with Crippen LogP contribution in [-0.2, 0) is 20.5 Å². The maximum atomic E-state index is 14.3. The van der Waals surface area contributed by atoms with Gasteiger partial charge in [0.2, 0.25) is 5.88 Å². The molecule has 3 heterocycles. The van der Waals surface area contributed by atoms with Crippen molar-refractivity contribution in [2.24, 2.45) is 19.1 Å². The maximum Gasteiger partial charge on any atom is 0.330 e. The van der Waals surface area contributed by atoms with Crippen molar-refractivity contribution in [3.8, 4) is 5.88 Å². The van der Waals surface area contributed by atoms with Gasteiger partial charge in [-0.05, 0) is 54.3 Å². The van der Waals surface area contributed by atoms with Gasteiger partial charge in [0.15, 0.2) is 0 Å². The molecule has 0 bridgehead atoms. The van der Waals surface area contributed by atoms with Gasteiger partial charge in [-0.1, -0.05) is 72.8 Å². The van der Waals surface area contributed by atoms with Gasteiger partial charge in [-0.15, -0.1) is 0 Å². The second kappa shape index (κ2) is 11.9. The number of aromatic amines is 1. The number of amides is 1. The summed E-state index contributed by atoms with van der Waals surface area (Å²) in [7, 11) is 3.45. The van der Waals surface area contributed by atoms with Gasteiger partial charge >= 0.3 is 5.69 Å². The molecule has 0 unspecified atom stereocenters. The van der Waals surface area contributed by atoms with Crippen LogP contribution in [0.5, 0.6) is 5.88 Å². The van der Waals surface area contributed by atoms with Crippen LogP contribution in [0.25, 0.3) is 21.8 Å². The molecule has 4 aromatic carbocycles. The van der Waals surface area contributed by atoms with E-state index in [9.17, 15) is 19.5 Å². The monoisotopic (exact) mass is 625 g/mol. The van der Waals surface area contributed by atoms with Crippen LogP contribution < -0.4 is 11.2 Å². The zero-order valence-corrected chi connectivity index (χ0v) is 26.5. The summed E-state index contributed by atoms with van der Waals surface area (Å²) in [4.78, 5) is 48.2. The predicted molar refractivity (Wildman–Crippen MR) is 185 cm³/mol. The topological polar surface area (TPSA) is 113 Å². The first-order chi connectivity index (χ1) is 22.7. The third kappa shape index (κ3) is 5.13. The summed E-state index contributed by atoms with van der Waals surface area (Å²) >= 11 is 0. The number of benzene rings is 4. The minimum absolute atomic E-state index is 0.0383. The molecule has 0 radical (unpaired) electrons. The first kappa shape index (κ1) is 30.0. The molecular formula is C38H35N5O4. The number of rotatable bonds is 7. The lowest BCUT2D eigenvalue weighted by atomic mass is 9.79. The molecule has 236 valence electrons. The second-order valence-corrected chi connectivity index (χ2v) is 12.2. The van der Waals surface area contributed by atoms with Crippen LogP contribution in [0.4, 0.5) is 0 Å². The molecule has 0 fully saturated rings. The van der Waals surface area contributed by atoms with E-state index in [1.54, 1.807) is 6.92 Å². The predicted octanol–water partition coefficient (Wildman–Crippen LogP) is 5.46. The lowest BCUT2D eigenvalue weighted by Crippen LogP contribution is -2.44. The molecule has 47 heavy (non-hydrogen) atoms. The molecule has 7 rings (SSSR count). The van der Waals surface area contributed by atoms with E-state index in [0.29, 0.717) is 24.2 Å². The number of H-pyrrole nitrogens is 1. The lowest BCUT2D eigenvalue weighted by Gasteiger charge is -2.42. The molecule has 1 aliphatic heterocycles. The minimum Gasteiger partial charge on any atom is -0.494 e. The Morgan fingerprint density at radius 3 is 2.34 bits per heavy atom. The van der Waals surface area contributed by atoms with Crippen molar-refractivity contribution in [1.82, 2.24) is 19.0 Å². The Kier molecular flexibility index (Phi) is 7.60. The fourth-order valence-corrected chi connectivity index (χ4v) is 7.05. The van der Waals surface area contributed by atoms with Crippen LogP contribution >= 0.6 is 0 Å². The van der Waals surface area contributed by atoms with Crippen molar-refractivity contribution in [1.29, 1.82) is 0 Å². The normalized spacial score (nSPS) is 16.6. The summed E-state index contributed by atoms with van der Waals surface area (Å²) < 4.78 is 3.17. The number of aromatic nitrogens is 3. The molecule has 2 atom stereocenters. The Bertz CT molecular complexity index is 2320. The van der Waals surface area contributed by atoms with Crippen LogP contribution in [0.3, 0.4) is 0 Å². The average molecular weight is 626 g/mol. The smallest absolute Gasteiger partial charge is 0.330 e. The van der Waals surface area contributed by atoms with E-state index >= 15 is 0 Å². The number of aromatic hydroxyl groups is 1. The Morgan fingerprint density at radius 1 is 0.830 bits per heavy atom. The van der Waals surface area contributed by atoms with Crippen molar-refractivity contribution >= 4 is 33.4 Å². The number of carbonyl (C=O) groups excluding carboxylic acids is 1. The van der Waals surface area contributed by atoms with Gasteiger partial charge in [-0.25, -0.2) is 4.79 Å². The molecule has 2 N–H and O–H groups in total. The number of fused-ring (bicyclic) bond motifs is 4. The Balaban J connectivity index is 1.39. The third-order valence-electron chi connectivity index (χ3n) is 9.51. The van der Waals surface area contributed by atoms with Gasteiger partial charge in [-0.2, -0.15) is 0 Å². The van der Waals surface area contributed by atoms with Crippen LogP contribution in [0.2, 0.25) is 0 Å². The van der Waals surface area contributed by atoms with E-state index in [1.807, 2.05) is 59.5 Å². The number of nitrogens with zero attached hydrogens (tertiary/aromatic N) is 4. The fraction of sp³-hybridized carbons (Fsp3) is 0.211. The van der Waals surface area contributed by atoms with E-state index < -0.39 is 17.1 Å². The lowest BCUT2D eigenvalue weighted by molar-refractivity contribution is 0.0614. The Morgan fingerprint density at radius 2 is 1.53 bits per heavy atom. The van der Waals surface area contributed by atoms with E-state index in [0.717, 1.165) is 43.1 Å². The van der Waals surface area contributed by atoms with Gasteiger partial charge in [0.1, 0.15) is 5.56 Å². The molecule has 9 nitrogen and oxygen atoms in total. The number of aryl methyl sites for hydroxylation is 1. The fourth-order valence-electron chi connectivity index (χ4n) is 7.05. The Hall–Kier alpha value is -5.70. The SMILES string of the molecule is CC(=NC[C@@H]1c2ccccc2C(=O)N(CCc2ccccc2)[C@H]1c1ccc2c(c1)c1ccccc1n2C)c1c(O)n(C)c(=O)[nH]c1=O. The minimum atomic E-state index is -0.707. The highest BCUT2D eigenvalue weighted by atomic mass is 16.3. The van der Waals surface area contributed by atoms with Crippen LogP contribution in [0, 0.1) is 0 Å². The van der Waals surface area contributed by atoms with Crippen LogP contribution in [0.1, 0.15) is 51.5 Å². The van der Waals surface area contributed by atoms with Gasteiger partial charge in [-0.3, -0.25) is 24.1 Å². The van der Waals surface area contributed by atoms with Crippen molar-refractivity contribution in [2.45, 2.75) is 25.3 Å². The van der Waals surface area contributed by atoms with E-state index in [-0.39, 0.29) is 30.0 Å². The molecule has 9 heteroatoms. The first-order valence-electron chi connectivity index (χ1n) is 15.7. The molecule has 0 spiro atoms. The van der Waals surface area contributed by atoms with Gasteiger partial charge < -0.3 is 14.6 Å². The van der Waals surface area contributed by atoms with Crippen molar-refractivity contribution in [3.05, 3.63) is 146 Å². The standard InChI is InChI=1S/C38H35N5O4/c1-23(33-35(44)40-38(47)42(3)37(33)46)39-22-30-26-13-7-8-15-28(26)36(45)43(20-19-24-11-5-4-6-12-24)34(30)25-17-18-32-29(21-25)27-14-9-10-16-31(27)41(32)2/h4-18,21,30,34,46H,19-20,22H2,1-3H3,(H,40,44,47)/t30-,34+/m1/s1. The molecule has 0 aliphatic carbocycles. The average Bonchev–Trinajstić information content (AvgIpc) is 3.37. The van der Waals surface area contributed by atoms with Crippen molar-refractivity contribution in [3.63, 3.8) is 0 Å². The molecular weight excluding hydrogens is 590 g/mol. The maximum absolute atomic E-state index is 14.3. The molecule has 2 aromatic heterocycles.